The first-order valence-electron chi connectivity index (χ1n) is 5.49. The molecule has 17 heavy (non-hydrogen) atoms. The number of nitrogens with zero attached hydrogens (tertiary/aromatic N) is 1. The van der Waals surface area contributed by atoms with Crippen molar-refractivity contribution in [2.45, 2.75) is 44.1 Å². The van der Waals surface area contributed by atoms with Crippen molar-refractivity contribution in [2.75, 3.05) is 13.2 Å². The topological polar surface area (TPSA) is 40.5 Å². The largest absolute Gasteiger partial charge is 0.396 e. The Morgan fingerprint density at radius 3 is 2.59 bits per heavy atom. The maximum absolute atomic E-state index is 12.9. The number of aliphatic hydroxyl groups excluding tert-OH is 1. The van der Waals surface area contributed by atoms with E-state index in [1.54, 1.807) is 0 Å². The van der Waals surface area contributed by atoms with Crippen molar-refractivity contribution in [3.63, 3.8) is 0 Å². The molecule has 3 nitrogen and oxygen atoms in total. The lowest BCUT2D eigenvalue weighted by atomic mass is 9.99. The molecule has 1 aliphatic heterocycles. The van der Waals surface area contributed by atoms with Gasteiger partial charge in [0.25, 0.3) is 5.91 Å². The molecule has 0 aliphatic carbocycles. The van der Waals surface area contributed by atoms with E-state index >= 15 is 0 Å². The van der Waals surface area contributed by atoms with Crippen LogP contribution in [-0.4, -0.2) is 47.5 Å². The first-order chi connectivity index (χ1) is 7.91. The minimum atomic E-state index is -4.63. The highest BCUT2D eigenvalue weighted by Crippen LogP contribution is 2.29. The standard InChI is InChI=1S/C10H15F4NO2/c11-8(12)10(13,14)9(17)15-5-2-1-3-7(15)4-6-16/h7-8,16H,1-6H2. The fraction of sp³-hybridized carbons (Fsp3) is 0.900. The first kappa shape index (κ1) is 14.2. The summed E-state index contributed by atoms with van der Waals surface area (Å²) in [5.41, 5.74) is 0. The van der Waals surface area contributed by atoms with Crippen LogP contribution in [0.2, 0.25) is 0 Å². The zero-order valence-electron chi connectivity index (χ0n) is 9.21. The highest BCUT2D eigenvalue weighted by atomic mass is 19.3. The quantitative estimate of drug-likeness (QED) is 0.778. The van der Waals surface area contributed by atoms with Gasteiger partial charge in [0.1, 0.15) is 0 Å². The molecule has 100 valence electrons. The molecule has 1 heterocycles. The summed E-state index contributed by atoms with van der Waals surface area (Å²) in [6.07, 6.45) is -2.12. The number of carbonyl (C=O) groups is 1. The molecule has 1 atom stereocenters. The molecule has 1 fully saturated rings. The lowest BCUT2D eigenvalue weighted by molar-refractivity contribution is -0.184. The molecule has 0 radical (unpaired) electrons. The molecule has 1 unspecified atom stereocenters. The highest BCUT2D eigenvalue weighted by molar-refractivity contribution is 5.84. The van der Waals surface area contributed by atoms with E-state index in [-0.39, 0.29) is 19.6 Å². The van der Waals surface area contributed by atoms with Crippen LogP contribution in [0.25, 0.3) is 0 Å². The van der Waals surface area contributed by atoms with Gasteiger partial charge >= 0.3 is 12.3 Å². The van der Waals surface area contributed by atoms with Gasteiger partial charge in [0.15, 0.2) is 0 Å². The predicted molar refractivity (Wildman–Crippen MR) is 52.0 cm³/mol. The van der Waals surface area contributed by atoms with Crippen LogP contribution < -0.4 is 0 Å². The van der Waals surface area contributed by atoms with Crippen LogP contribution >= 0.6 is 0 Å². The first-order valence-corrected chi connectivity index (χ1v) is 5.49. The minimum absolute atomic E-state index is 0.0474. The summed E-state index contributed by atoms with van der Waals surface area (Å²) in [4.78, 5) is 12.1. The fourth-order valence-electron chi connectivity index (χ4n) is 2.00. The number of carbonyl (C=O) groups excluding carboxylic acids is 1. The molecule has 1 amide bonds. The Morgan fingerprint density at radius 1 is 1.41 bits per heavy atom. The van der Waals surface area contributed by atoms with E-state index in [0.717, 1.165) is 11.3 Å². The maximum Gasteiger partial charge on any atom is 0.383 e. The number of aliphatic hydroxyl groups is 1. The summed E-state index contributed by atoms with van der Waals surface area (Å²) in [7, 11) is 0. The summed E-state index contributed by atoms with van der Waals surface area (Å²) in [6.45, 7) is -0.208. The van der Waals surface area contributed by atoms with Crippen LogP contribution in [0.5, 0.6) is 0 Å². The summed E-state index contributed by atoms with van der Waals surface area (Å²) in [5, 5.41) is 8.76. The van der Waals surface area contributed by atoms with Crippen LogP contribution in [0.4, 0.5) is 17.6 Å². The third kappa shape index (κ3) is 3.08. The van der Waals surface area contributed by atoms with Gasteiger partial charge < -0.3 is 10.0 Å². The predicted octanol–water partition coefficient (Wildman–Crippen LogP) is 1.65. The molecule has 1 saturated heterocycles. The average molecular weight is 257 g/mol. The Kier molecular flexibility index (Phi) is 4.73. The van der Waals surface area contributed by atoms with Crippen molar-refractivity contribution < 1.29 is 27.5 Å². The molecule has 0 spiro atoms. The second-order valence-electron chi connectivity index (χ2n) is 4.08. The van der Waals surface area contributed by atoms with Crippen LogP contribution in [0.1, 0.15) is 25.7 Å². The number of halogens is 4. The Hall–Kier alpha value is -0.850. The minimum Gasteiger partial charge on any atom is -0.396 e. The Labute approximate surface area is 96.4 Å². The van der Waals surface area contributed by atoms with E-state index in [2.05, 4.69) is 0 Å². The van der Waals surface area contributed by atoms with Crippen LogP contribution in [0, 0.1) is 0 Å². The van der Waals surface area contributed by atoms with Crippen molar-refractivity contribution in [3.05, 3.63) is 0 Å². The Balaban J connectivity index is 2.77. The van der Waals surface area contributed by atoms with Crippen LogP contribution in [-0.2, 0) is 4.79 Å². The van der Waals surface area contributed by atoms with Crippen molar-refractivity contribution in [1.82, 2.24) is 4.90 Å². The van der Waals surface area contributed by atoms with Gasteiger partial charge in [-0.1, -0.05) is 0 Å². The normalized spacial score (nSPS) is 22.0. The van der Waals surface area contributed by atoms with Gasteiger partial charge in [0.2, 0.25) is 0 Å². The summed E-state index contributed by atoms with van der Waals surface area (Å²) in [6, 6.07) is -0.564. The van der Waals surface area contributed by atoms with Crippen molar-refractivity contribution in [1.29, 1.82) is 0 Å². The van der Waals surface area contributed by atoms with Gasteiger partial charge in [-0.2, -0.15) is 8.78 Å². The third-order valence-electron chi connectivity index (χ3n) is 2.91. The average Bonchev–Trinajstić information content (AvgIpc) is 2.29. The summed E-state index contributed by atoms with van der Waals surface area (Å²) >= 11 is 0. The van der Waals surface area contributed by atoms with E-state index in [1.807, 2.05) is 0 Å². The molecule has 0 saturated carbocycles. The van der Waals surface area contributed by atoms with Crippen LogP contribution in [0.3, 0.4) is 0 Å². The van der Waals surface area contributed by atoms with Gasteiger partial charge in [-0.3, -0.25) is 4.79 Å². The van der Waals surface area contributed by atoms with Crippen molar-refractivity contribution in [2.24, 2.45) is 0 Å². The molecule has 1 aliphatic rings. The lowest BCUT2D eigenvalue weighted by Crippen LogP contribution is -2.53. The number of piperidine rings is 1. The number of rotatable bonds is 4. The molecule has 0 aromatic carbocycles. The fourth-order valence-corrected chi connectivity index (χ4v) is 2.00. The molecular formula is C10H15F4NO2. The molecule has 7 heteroatoms. The number of alkyl halides is 4. The van der Waals surface area contributed by atoms with E-state index in [9.17, 15) is 22.4 Å². The highest BCUT2D eigenvalue weighted by Gasteiger charge is 2.52. The van der Waals surface area contributed by atoms with Crippen molar-refractivity contribution in [3.8, 4) is 0 Å². The zero-order valence-corrected chi connectivity index (χ0v) is 9.21. The number of amides is 1. The molecule has 0 aromatic rings. The van der Waals surface area contributed by atoms with Crippen LogP contribution in [0.15, 0.2) is 0 Å². The molecule has 0 aromatic heterocycles. The number of likely N-dealkylation sites (tertiary alicyclic amines) is 1. The van der Waals surface area contributed by atoms with E-state index in [4.69, 9.17) is 5.11 Å². The molecule has 1 N–H and O–H groups in total. The Bertz CT molecular complexity index is 271. The second-order valence-corrected chi connectivity index (χ2v) is 4.08. The van der Waals surface area contributed by atoms with Gasteiger partial charge in [-0.15, -0.1) is 0 Å². The second kappa shape index (κ2) is 5.66. The van der Waals surface area contributed by atoms with E-state index < -0.39 is 24.3 Å². The molecule has 1 rings (SSSR count). The summed E-state index contributed by atoms with van der Waals surface area (Å²) in [5.74, 6) is -6.46. The Morgan fingerprint density at radius 2 is 2.06 bits per heavy atom. The number of hydrogen-bond donors (Lipinski definition) is 1. The maximum atomic E-state index is 12.9. The van der Waals surface area contributed by atoms with Gasteiger partial charge in [-0.05, 0) is 25.7 Å². The summed E-state index contributed by atoms with van der Waals surface area (Å²) < 4.78 is 50.0. The number of hydrogen-bond acceptors (Lipinski definition) is 2. The molecular weight excluding hydrogens is 242 g/mol. The smallest absolute Gasteiger partial charge is 0.383 e. The zero-order chi connectivity index (χ0) is 13.1. The van der Waals surface area contributed by atoms with Gasteiger partial charge in [0, 0.05) is 19.2 Å². The SMILES string of the molecule is O=C(N1CCCCC1CCO)C(F)(F)C(F)F. The van der Waals surface area contributed by atoms with Gasteiger partial charge in [0.05, 0.1) is 0 Å². The lowest BCUT2D eigenvalue weighted by Gasteiger charge is -2.37. The van der Waals surface area contributed by atoms with Crippen molar-refractivity contribution >= 4 is 5.91 Å². The van der Waals surface area contributed by atoms with Gasteiger partial charge in [-0.25, -0.2) is 8.78 Å². The third-order valence-corrected chi connectivity index (χ3v) is 2.91. The van der Waals surface area contributed by atoms with E-state index in [1.165, 1.54) is 0 Å². The molecule has 0 bridgehead atoms. The van der Waals surface area contributed by atoms with E-state index in [0.29, 0.717) is 12.8 Å². The monoisotopic (exact) mass is 257 g/mol.